The van der Waals surface area contributed by atoms with Crippen LogP contribution in [0.4, 0.5) is 0 Å². The van der Waals surface area contributed by atoms with Gasteiger partial charge in [-0.25, -0.2) is 9.50 Å². The van der Waals surface area contributed by atoms with Crippen LogP contribution >= 0.6 is 11.3 Å². The number of hydrogen-bond donors (Lipinski definition) is 1. The van der Waals surface area contributed by atoms with E-state index in [0.29, 0.717) is 5.88 Å². The first-order chi connectivity index (χ1) is 13.1. The topological polar surface area (TPSA) is 62.9 Å². The van der Waals surface area contributed by atoms with Gasteiger partial charge in [-0.3, -0.25) is 0 Å². The summed E-state index contributed by atoms with van der Waals surface area (Å²) in [6.45, 7) is 9.82. The lowest BCUT2D eigenvalue weighted by molar-refractivity contribution is 0.186. The van der Waals surface area contributed by atoms with E-state index in [0.717, 1.165) is 53.6 Å². The highest BCUT2D eigenvalue weighted by Crippen LogP contribution is 2.29. The Morgan fingerprint density at radius 3 is 2.74 bits per heavy atom. The van der Waals surface area contributed by atoms with Crippen molar-refractivity contribution in [3.63, 3.8) is 0 Å². The van der Waals surface area contributed by atoms with Crippen molar-refractivity contribution in [2.75, 3.05) is 19.6 Å². The summed E-state index contributed by atoms with van der Waals surface area (Å²) in [4.78, 5) is 8.80. The first-order valence-electron chi connectivity index (χ1n) is 9.58. The highest BCUT2D eigenvalue weighted by atomic mass is 32.1. The quantitative estimate of drug-likeness (QED) is 0.572. The summed E-state index contributed by atoms with van der Waals surface area (Å²) in [7, 11) is 0. The monoisotopic (exact) mass is 388 g/mol. The van der Waals surface area contributed by atoms with Gasteiger partial charge in [-0.15, -0.1) is 16.4 Å². The highest BCUT2D eigenvalue weighted by molar-refractivity contribution is 7.15. The van der Waals surface area contributed by atoms with Crippen LogP contribution in [-0.4, -0.2) is 50.3 Å². The summed E-state index contributed by atoms with van der Waals surface area (Å²) >= 11 is 1.55. The van der Waals surface area contributed by atoms with Gasteiger partial charge in [-0.1, -0.05) is 13.8 Å². The van der Waals surface area contributed by atoms with Crippen LogP contribution in [0.2, 0.25) is 0 Å². The van der Waals surface area contributed by atoms with Crippen molar-refractivity contribution >= 4 is 17.0 Å². The molecule has 3 rings (SSSR count). The SMILES string of the molecule is CCN(CC)CCCC(C)Oc1ccc2ncc(-c3ccc(CO)s3)n2n1. The maximum Gasteiger partial charge on any atom is 0.232 e. The number of imidazole rings is 1. The third-order valence-corrected chi connectivity index (χ3v) is 5.80. The summed E-state index contributed by atoms with van der Waals surface area (Å²) in [5.41, 5.74) is 1.69. The summed E-state index contributed by atoms with van der Waals surface area (Å²) in [5, 5.41) is 13.9. The van der Waals surface area contributed by atoms with E-state index in [1.807, 2.05) is 35.0 Å². The van der Waals surface area contributed by atoms with Crippen LogP contribution in [-0.2, 0) is 6.61 Å². The molecule has 0 aliphatic carbocycles. The molecule has 3 aromatic rings. The molecular formula is C20H28N4O2S. The zero-order chi connectivity index (χ0) is 19.2. The molecule has 0 aliphatic heterocycles. The van der Waals surface area contributed by atoms with Crippen molar-refractivity contribution < 1.29 is 9.84 Å². The number of nitrogens with zero attached hydrogens (tertiary/aromatic N) is 4. The third kappa shape index (κ3) is 4.86. The van der Waals surface area contributed by atoms with Gasteiger partial charge in [0.15, 0.2) is 5.65 Å². The van der Waals surface area contributed by atoms with E-state index in [-0.39, 0.29) is 12.7 Å². The Hall–Kier alpha value is -1.96. The molecule has 1 unspecified atom stereocenters. The molecule has 7 heteroatoms. The van der Waals surface area contributed by atoms with Crippen LogP contribution in [0.25, 0.3) is 16.2 Å². The fraction of sp³-hybridized carbons (Fsp3) is 0.500. The van der Waals surface area contributed by atoms with Crippen LogP contribution in [0, 0.1) is 0 Å². The first kappa shape index (κ1) is 19.8. The molecule has 6 nitrogen and oxygen atoms in total. The molecule has 3 aromatic heterocycles. The molecule has 0 saturated carbocycles. The number of rotatable bonds is 10. The van der Waals surface area contributed by atoms with E-state index in [1.54, 1.807) is 11.3 Å². The van der Waals surface area contributed by atoms with Gasteiger partial charge in [0.1, 0.15) is 5.69 Å². The molecule has 0 fully saturated rings. The van der Waals surface area contributed by atoms with Crippen molar-refractivity contribution in [3.8, 4) is 16.5 Å². The van der Waals surface area contributed by atoms with Gasteiger partial charge in [0.05, 0.1) is 23.8 Å². The number of ether oxygens (including phenoxy) is 1. The highest BCUT2D eigenvalue weighted by Gasteiger charge is 2.12. The van der Waals surface area contributed by atoms with Gasteiger partial charge in [0.25, 0.3) is 0 Å². The minimum Gasteiger partial charge on any atom is -0.474 e. The maximum absolute atomic E-state index is 9.29. The number of hydrogen-bond acceptors (Lipinski definition) is 6. The Balaban J connectivity index is 1.68. The molecule has 0 aliphatic rings. The Bertz CT molecular complexity index is 857. The van der Waals surface area contributed by atoms with Gasteiger partial charge >= 0.3 is 0 Å². The predicted molar refractivity (Wildman–Crippen MR) is 109 cm³/mol. The van der Waals surface area contributed by atoms with Crippen molar-refractivity contribution in [3.05, 3.63) is 35.3 Å². The number of thiophene rings is 1. The predicted octanol–water partition coefficient (Wildman–Crippen LogP) is 3.84. The van der Waals surface area contributed by atoms with Crippen molar-refractivity contribution in [1.29, 1.82) is 0 Å². The Kier molecular flexibility index (Phi) is 6.82. The normalized spacial score (nSPS) is 12.8. The molecule has 0 bridgehead atoms. The molecule has 0 radical (unpaired) electrons. The zero-order valence-electron chi connectivity index (χ0n) is 16.3. The fourth-order valence-electron chi connectivity index (χ4n) is 3.10. The number of aliphatic hydroxyl groups excluding tert-OH is 1. The van der Waals surface area contributed by atoms with Gasteiger partial charge in [0, 0.05) is 10.9 Å². The average molecular weight is 389 g/mol. The molecule has 0 amide bonds. The van der Waals surface area contributed by atoms with E-state index >= 15 is 0 Å². The van der Waals surface area contributed by atoms with Gasteiger partial charge in [-0.2, -0.15) is 0 Å². The van der Waals surface area contributed by atoms with Crippen molar-refractivity contribution in [1.82, 2.24) is 19.5 Å². The third-order valence-electron chi connectivity index (χ3n) is 4.71. The number of aromatic nitrogens is 3. The lowest BCUT2D eigenvalue weighted by atomic mass is 10.2. The minimum absolute atomic E-state index is 0.0498. The summed E-state index contributed by atoms with van der Waals surface area (Å²) < 4.78 is 7.85. The molecule has 1 atom stereocenters. The van der Waals surface area contributed by atoms with Crippen molar-refractivity contribution in [2.45, 2.75) is 46.3 Å². The van der Waals surface area contributed by atoms with Gasteiger partial charge < -0.3 is 14.7 Å². The first-order valence-corrected chi connectivity index (χ1v) is 10.4. The van der Waals surface area contributed by atoms with E-state index in [2.05, 4.69) is 35.8 Å². The number of aliphatic hydroxyl groups is 1. The Labute approximate surface area is 164 Å². The molecule has 0 saturated heterocycles. The van der Waals surface area contributed by atoms with Gasteiger partial charge in [-0.05, 0) is 57.6 Å². The second-order valence-corrected chi connectivity index (χ2v) is 7.77. The van der Waals surface area contributed by atoms with Crippen LogP contribution < -0.4 is 4.74 Å². The lowest BCUT2D eigenvalue weighted by Crippen LogP contribution is -2.25. The number of fused-ring (bicyclic) bond motifs is 1. The molecule has 27 heavy (non-hydrogen) atoms. The van der Waals surface area contributed by atoms with E-state index < -0.39 is 0 Å². The molecule has 0 spiro atoms. The molecule has 3 heterocycles. The van der Waals surface area contributed by atoms with Gasteiger partial charge in [0.2, 0.25) is 5.88 Å². The van der Waals surface area contributed by atoms with E-state index in [9.17, 15) is 5.11 Å². The van der Waals surface area contributed by atoms with Crippen LogP contribution in [0.1, 0.15) is 38.5 Å². The molecule has 0 aromatic carbocycles. The second-order valence-electron chi connectivity index (χ2n) is 6.61. The largest absolute Gasteiger partial charge is 0.474 e. The zero-order valence-corrected chi connectivity index (χ0v) is 17.1. The Morgan fingerprint density at radius 2 is 2.04 bits per heavy atom. The molecule has 146 valence electrons. The Morgan fingerprint density at radius 1 is 1.22 bits per heavy atom. The van der Waals surface area contributed by atoms with E-state index in [4.69, 9.17) is 4.74 Å². The average Bonchev–Trinajstić information content (AvgIpc) is 3.31. The van der Waals surface area contributed by atoms with Crippen molar-refractivity contribution in [2.24, 2.45) is 0 Å². The van der Waals surface area contributed by atoms with Crippen LogP contribution in [0.15, 0.2) is 30.5 Å². The summed E-state index contributed by atoms with van der Waals surface area (Å²) in [6.07, 6.45) is 4.03. The maximum atomic E-state index is 9.29. The standard InChI is InChI=1S/C20H28N4O2S/c1-4-23(5-2)12-6-7-15(3)26-20-11-10-19-21-13-17(24(19)22-20)18-9-8-16(14-25)27-18/h8-11,13,15,25H,4-7,12,14H2,1-3H3. The summed E-state index contributed by atoms with van der Waals surface area (Å²) in [5.74, 6) is 0.607. The smallest absolute Gasteiger partial charge is 0.232 e. The van der Waals surface area contributed by atoms with Crippen LogP contribution in [0.5, 0.6) is 5.88 Å². The lowest BCUT2D eigenvalue weighted by Gasteiger charge is -2.19. The van der Waals surface area contributed by atoms with Crippen LogP contribution in [0.3, 0.4) is 0 Å². The van der Waals surface area contributed by atoms with E-state index in [1.165, 1.54) is 0 Å². The second kappa shape index (κ2) is 9.30. The molecule has 1 N–H and O–H groups in total. The summed E-state index contributed by atoms with van der Waals surface area (Å²) in [6, 6.07) is 7.72. The minimum atomic E-state index is 0.0498. The molecular weight excluding hydrogens is 360 g/mol. The fourth-order valence-corrected chi connectivity index (χ4v) is 3.96.